The molecule has 0 saturated heterocycles. The smallest absolute Gasteiger partial charge is 0.870 e. The molecule has 1 amide bonds. The Bertz CT molecular complexity index is 1730. The Labute approximate surface area is 263 Å². The quantitative estimate of drug-likeness (QED) is 0.175. The van der Waals surface area contributed by atoms with Crippen LogP contribution in [0.1, 0.15) is 29.8 Å². The summed E-state index contributed by atoms with van der Waals surface area (Å²) in [5.41, 5.74) is 0.405. The fourth-order valence-corrected chi connectivity index (χ4v) is 5.56. The summed E-state index contributed by atoms with van der Waals surface area (Å²) in [5.74, 6) is -0.829. The van der Waals surface area contributed by atoms with Crippen LogP contribution in [0.3, 0.4) is 0 Å². The molecule has 13 heteroatoms. The number of anilines is 1. The van der Waals surface area contributed by atoms with Gasteiger partial charge in [0.2, 0.25) is 0 Å². The summed E-state index contributed by atoms with van der Waals surface area (Å²) >= 11 is 12.4. The van der Waals surface area contributed by atoms with Crippen LogP contribution in [0.4, 0.5) is 17.1 Å². The average Bonchev–Trinajstić information content (AvgIpc) is 2.88. The van der Waals surface area contributed by atoms with E-state index in [-0.39, 0.29) is 68.5 Å². The van der Waals surface area contributed by atoms with Crippen LogP contribution in [0.15, 0.2) is 75.8 Å². The zero-order valence-electron chi connectivity index (χ0n) is 21.7. The monoisotopic (exact) mass is 609 g/mol. The summed E-state index contributed by atoms with van der Waals surface area (Å²) in [6, 6.07) is 15.7. The molecule has 0 aromatic heterocycles. The van der Waals surface area contributed by atoms with Gasteiger partial charge in [-0.25, -0.2) is 0 Å². The van der Waals surface area contributed by atoms with Crippen molar-refractivity contribution in [1.29, 1.82) is 0 Å². The Hall–Kier alpha value is -2.70. The molecule has 0 fully saturated rings. The van der Waals surface area contributed by atoms with Crippen LogP contribution in [0.5, 0.6) is 11.5 Å². The maximum absolute atomic E-state index is 13.4. The molecule has 4 rings (SSSR count). The third-order valence-corrected chi connectivity index (χ3v) is 7.45. The van der Waals surface area contributed by atoms with Crippen molar-refractivity contribution in [2.24, 2.45) is 10.2 Å². The molecule has 40 heavy (non-hydrogen) atoms. The van der Waals surface area contributed by atoms with Gasteiger partial charge >= 0.3 is 29.6 Å². The van der Waals surface area contributed by atoms with Crippen LogP contribution in [0.2, 0.25) is 10.0 Å². The van der Waals surface area contributed by atoms with Crippen molar-refractivity contribution < 1.29 is 57.2 Å². The predicted molar refractivity (Wildman–Crippen MR) is 149 cm³/mol. The van der Waals surface area contributed by atoms with Crippen molar-refractivity contribution in [1.82, 2.24) is 0 Å². The second kappa shape index (κ2) is 13.3. The Kier molecular flexibility index (Phi) is 10.6. The number of amides is 1. The molecular formula is C27H22Cl2N3NaO6S. The number of nitrogens with one attached hydrogen (secondary N) is 1. The number of azo groups is 1. The normalized spacial score (nSPS) is 11.4. The van der Waals surface area contributed by atoms with Gasteiger partial charge in [0.15, 0.2) is 0 Å². The zero-order chi connectivity index (χ0) is 28.3. The van der Waals surface area contributed by atoms with E-state index < -0.39 is 26.7 Å². The molecule has 202 valence electrons. The van der Waals surface area contributed by atoms with E-state index in [2.05, 4.69) is 15.5 Å². The molecule has 0 aliphatic heterocycles. The van der Waals surface area contributed by atoms with Crippen molar-refractivity contribution in [3.63, 3.8) is 0 Å². The molecule has 0 atom stereocenters. The van der Waals surface area contributed by atoms with E-state index in [1.165, 1.54) is 18.2 Å². The molecule has 0 radical (unpaired) electrons. The first-order chi connectivity index (χ1) is 18.5. The number of fused-ring (bicyclic) bond motifs is 1. The van der Waals surface area contributed by atoms with E-state index in [1.54, 1.807) is 49.4 Å². The minimum absolute atomic E-state index is 0. The van der Waals surface area contributed by atoms with E-state index in [9.17, 15) is 22.9 Å². The van der Waals surface area contributed by atoms with Crippen LogP contribution >= 0.6 is 23.2 Å². The number of carbonyl (C=O) groups excluding carboxylic acids is 1. The maximum atomic E-state index is 13.4. The van der Waals surface area contributed by atoms with E-state index >= 15 is 0 Å². The number of ether oxygens (including phenoxy) is 1. The first-order valence-electron chi connectivity index (χ1n) is 11.7. The van der Waals surface area contributed by atoms with Gasteiger partial charge in [-0.2, -0.15) is 18.6 Å². The minimum atomic E-state index is -4.56. The first-order valence-corrected chi connectivity index (χ1v) is 13.9. The van der Waals surface area contributed by atoms with Crippen LogP contribution in [0, 0.1) is 0 Å². The van der Waals surface area contributed by atoms with Crippen LogP contribution in [-0.4, -0.2) is 25.5 Å². The van der Waals surface area contributed by atoms with Gasteiger partial charge in [-0.15, -0.1) is 0 Å². The third kappa shape index (κ3) is 6.95. The Morgan fingerprint density at radius 1 is 1.02 bits per heavy atom. The first kappa shape index (κ1) is 31.8. The summed E-state index contributed by atoms with van der Waals surface area (Å²) in [6.45, 7) is 3.97. The molecule has 9 nitrogen and oxygen atoms in total. The molecule has 4 aromatic rings. The molecule has 0 bridgehead atoms. The number of benzene rings is 4. The van der Waals surface area contributed by atoms with Crippen molar-refractivity contribution in [3.8, 4) is 11.5 Å². The molecule has 4 aromatic carbocycles. The number of hydrogen-bond donors (Lipinski definition) is 2. The van der Waals surface area contributed by atoms with E-state index in [0.29, 0.717) is 28.8 Å². The SMILES string of the molecule is CCOc1ccc(NC(=O)c2cc3ccccc3c(N=Nc3cc(Cl)c(S(=O)(=O)O)c(CC)c3)c2[O-])c(Cl)c1.[Na+]. The van der Waals surface area contributed by atoms with Crippen molar-refractivity contribution >= 4 is 67.1 Å². The van der Waals surface area contributed by atoms with E-state index in [0.717, 1.165) is 0 Å². The van der Waals surface area contributed by atoms with Gasteiger partial charge in [0.05, 0.1) is 33.7 Å². The van der Waals surface area contributed by atoms with E-state index in [4.69, 9.17) is 27.9 Å². The summed E-state index contributed by atoms with van der Waals surface area (Å²) < 4.78 is 38.4. The molecule has 0 aliphatic carbocycles. The number of carbonyl (C=O) groups is 1. The second-order valence-corrected chi connectivity index (χ2v) is 10.5. The van der Waals surface area contributed by atoms with Gasteiger partial charge in [0, 0.05) is 17.0 Å². The summed E-state index contributed by atoms with van der Waals surface area (Å²) in [6.07, 6.45) is 0.234. The maximum Gasteiger partial charge on any atom is 1.00 e. The zero-order valence-corrected chi connectivity index (χ0v) is 26.1. The summed E-state index contributed by atoms with van der Waals surface area (Å²) in [4.78, 5) is 12.7. The molecule has 2 N–H and O–H groups in total. The molecule has 0 aliphatic rings. The van der Waals surface area contributed by atoms with Gasteiger partial charge in [-0.1, -0.05) is 60.1 Å². The van der Waals surface area contributed by atoms with Crippen molar-refractivity contribution in [2.45, 2.75) is 25.2 Å². The average molecular weight is 610 g/mol. The Balaban J connectivity index is 0.00000441. The largest absolute Gasteiger partial charge is 1.00 e. The molecule has 0 saturated carbocycles. The second-order valence-electron chi connectivity index (χ2n) is 8.30. The van der Waals surface area contributed by atoms with Gasteiger partial charge in [-0.05, 0) is 54.6 Å². The third-order valence-electron chi connectivity index (χ3n) is 5.73. The summed E-state index contributed by atoms with van der Waals surface area (Å²) in [5, 5.41) is 25.3. The fourth-order valence-electron chi connectivity index (χ4n) is 3.97. The van der Waals surface area contributed by atoms with Gasteiger partial charge in [-0.3, -0.25) is 9.35 Å². The standard InChI is InChI=1S/C27H23Cl2N3O6S.Na/c1-3-15-11-17(13-22(29)26(15)39(35,36)37)31-32-24-19-8-6-5-7-16(19)12-20(25(24)33)27(34)30-23-10-9-18(38-4-2)14-21(23)28;/h5-14,33H,3-4H2,1-2H3,(H,30,34)(H,35,36,37);/q;+1/p-1. The number of halogens is 2. The van der Waals surface area contributed by atoms with Crippen LogP contribution in [0.25, 0.3) is 10.8 Å². The summed E-state index contributed by atoms with van der Waals surface area (Å²) in [7, 11) is -4.56. The molecule has 0 heterocycles. The fraction of sp³-hybridized carbons (Fsp3) is 0.148. The van der Waals surface area contributed by atoms with Gasteiger partial charge in [0.1, 0.15) is 10.6 Å². The minimum Gasteiger partial charge on any atom is -0.870 e. The Morgan fingerprint density at radius 2 is 1.75 bits per heavy atom. The van der Waals surface area contributed by atoms with Crippen molar-refractivity contribution in [3.05, 3.63) is 81.8 Å². The van der Waals surface area contributed by atoms with Gasteiger partial charge < -0.3 is 15.2 Å². The van der Waals surface area contributed by atoms with E-state index in [1.807, 2.05) is 6.92 Å². The molecular weight excluding hydrogens is 588 g/mol. The van der Waals surface area contributed by atoms with Gasteiger partial charge in [0.25, 0.3) is 16.0 Å². The topological polar surface area (TPSA) is 140 Å². The predicted octanol–water partition coefficient (Wildman–Crippen LogP) is 4.10. The molecule has 0 unspecified atom stereocenters. The van der Waals surface area contributed by atoms with Crippen LogP contribution in [-0.2, 0) is 16.5 Å². The van der Waals surface area contributed by atoms with Crippen LogP contribution < -0.4 is 44.7 Å². The number of rotatable bonds is 8. The number of aryl methyl sites for hydroxylation is 1. The molecule has 0 spiro atoms. The number of nitrogens with zero attached hydrogens (tertiary/aromatic N) is 2. The van der Waals surface area contributed by atoms with Crippen molar-refractivity contribution in [2.75, 3.05) is 11.9 Å². The number of hydrogen-bond acceptors (Lipinski definition) is 7. The Morgan fingerprint density at radius 3 is 2.40 bits per heavy atom.